The summed E-state index contributed by atoms with van der Waals surface area (Å²) in [5.74, 6) is -0.374. The van der Waals surface area contributed by atoms with Crippen molar-refractivity contribution in [1.82, 2.24) is 4.57 Å². The highest BCUT2D eigenvalue weighted by Crippen LogP contribution is 2.40. The molecule has 0 spiro atoms. The fourth-order valence-electron chi connectivity index (χ4n) is 2.64. The van der Waals surface area contributed by atoms with Crippen molar-refractivity contribution in [1.29, 1.82) is 0 Å². The highest BCUT2D eigenvalue weighted by atomic mass is 16.4. The number of benzene rings is 1. The predicted octanol–water partition coefficient (Wildman–Crippen LogP) is 4.31. The molecule has 1 fully saturated rings. The minimum atomic E-state index is -0.844. The molecule has 3 heteroatoms. The average Bonchev–Trinajstić information content (AvgIpc) is 3.16. The number of carboxylic acids is 1. The molecule has 1 aromatic heterocycles. The second kappa shape index (κ2) is 4.82. The van der Waals surface area contributed by atoms with E-state index in [9.17, 15) is 9.90 Å². The van der Waals surface area contributed by atoms with Gasteiger partial charge in [-0.05, 0) is 48.1 Å². The fraction of sp³-hybridized carbons (Fsp3) is 0.353. The van der Waals surface area contributed by atoms with Gasteiger partial charge in [0.15, 0.2) is 0 Å². The summed E-state index contributed by atoms with van der Waals surface area (Å²) in [6.07, 6.45) is 2.15. The van der Waals surface area contributed by atoms with Crippen molar-refractivity contribution in [3.05, 3.63) is 47.7 Å². The number of aromatic carboxylic acids is 1. The second-order valence-corrected chi connectivity index (χ2v) is 5.79. The van der Waals surface area contributed by atoms with E-state index >= 15 is 0 Å². The Hall–Kier alpha value is -2.03. The molecule has 0 bridgehead atoms. The molecule has 1 N–H and O–H groups in total. The Morgan fingerprint density at radius 1 is 1.25 bits per heavy atom. The number of carbonyl (C=O) groups is 1. The van der Waals surface area contributed by atoms with Crippen LogP contribution in [0.4, 0.5) is 0 Å². The van der Waals surface area contributed by atoms with E-state index in [2.05, 4.69) is 38.1 Å². The van der Waals surface area contributed by atoms with E-state index in [1.165, 1.54) is 5.56 Å². The molecule has 1 saturated carbocycles. The molecule has 1 aromatic carbocycles. The van der Waals surface area contributed by atoms with Gasteiger partial charge in [-0.25, -0.2) is 4.79 Å². The van der Waals surface area contributed by atoms with E-state index in [1.54, 1.807) is 6.07 Å². The van der Waals surface area contributed by atoms with Crippen molar-refractivity contribution in [3.8, 4) is 11.3 Å². The van der Waals surface area contributed by atoms with Crippen molar-refractivity contribution in [2.75, 3.05) is 0 Å². The van der Waals surface area contributed by atoms with Gasteiger partial charge < -0.3 is 9.67 Å². The molecular weight excluding hydrogens is 250 g/mol. The Morgan fingerprint density at radius 2 is 2.00 bits per heavy atom. The lowest BCUT2D eigenvalue weighted by Crippen LogP contribution is -2.08. The van der Waals surface area contributed by atoms with E-state index < -0.39 is 5.97 Å². The van der Waals surface area contributed by atoms with Gasteiger partial charge in [0.2, 0.25) is 0 Å². The lowest BCUT2D eigenvalue weighted by Gasteiger charge is -2.12. The zero-order valence-corrected chi connectivity index (χ0v) is 11.8. The van der Waals surface area contributed by atoms with Crippen molar-refractivity contribution in [2.45, 2.75) is 38.6 Å². The summed E-state index contributed by atoms with van der Waals surface area (Å²) in [5, 5.41) is 9.32. The van der Waals surface area contributed by atoms with Crippen LogP contribution in [-0.4, -0.2) is 15.6 Å². The van der Waals surface area contributed by atoms with E-state index in [1.807, 2.05) is 10.6 Å². The third-order valence-corrected chi connectivity index (χ3v) is 3.90. The van der Waals surface area contributed by atoms with Gasteiger partial charge in [-0.3, -0.25) is 0 Å². The van der Waals surface area contributed by atoms with E-state index in [0.717, 1.165) is 24.1 Å². The van der Waals surface area contributed by atoms with Crippen LogP contribution in [0.1, 0.15) is 54.7 Å². The minimum Gasteiger partial charge on any atom is -0.477 e. The highest BCUT2D eigenvalue weighted by Gasteiger charge is 2.29. The van der Waals surface area contributed by atoms with Crippen LogP contribution in [-0.2, 0) is 0 Å². The van der Waals surface area contributed by atoms with Gasteiger partial charge in [0.1, 0.15) is 5.69 Å². The van der Waals surface area contributed by atoms with Crippen LogP contribution in [0.25, 0.3) is 11.3 Å². The first-order valence-electron chi connectivity index (χ1n) is 7.13. The van der Waals surface area contributed by atoms with Crippen LogP contribution in [0.15, 0.2) is 36.4 Å². The third kappa shape index (κ3) is 2.24. The molecule has 1 aliphatic carbocycles. The molecule has 3 nitrogen and oxygen atoms in total. The topological polar surface area (TPSA) is 42.2 Å². The summed E-state index contributed by atoms with van der Waals surface area (Å²) in [6, 6.07) is 12.4. The molecule has 0 atom stereocenters. The normalized spacial score (nSPS) is 14.8. The maximum Gasteiger partial charge on any atom is 0.352 e. The number of hydrogen-bond acceptors (Lipinski definition) is 1. The molecule has 3 rings (SSSR count). The second-order valence-electron chi connectivity index (χ2n) is 5.79. The minimum absolute atomic E-state index is 0.355. The van der Waals surface area contributed by atoms with E-state index in [0.29, 0.717) is 17.7 Å². The molecule has 1 aliphatic rings. The maximum atomic E-state index is 11.4. The van der Waals surface area contributed by atoms with Gasteiger partial charge in [-0.15, -0.1) is 0 Å². The molecule has 0 saturated heterocycles. The highest BCUT2D eigenvalue weighted by molar-refractivity contribution is 5.87. The summed E-state index contributed by atoms with van der Waals surface area (Å²) >= 11 is 0. The quantitative estimate of drug-likeness (QED) is 0.898. The van der Waals surface area contributed by atoms with Crippen molar-refractivity contribution < 1.29 is 9.90 Å². The summed E-state index contributed by atoms with van der Waals surface area (Å²) in [5.41, 5.74) is 3.81. The van der Waals surface area contributed by atoms with Crippen LogP contribution < -0.4 is 0 Å². The molecule has 0 aliphatic heterocycles. The van der Waals surface area contributed by atoms with Crippen molar-refractivity contribution in [3.63, 3.8) is 0 Å². The first-order valence-corrected chi connectivity index (χ1v) is 7.13. The number of nitrogens with zero attached hydrogens (tertiary/aromatic N) is 1. The Bertz CT molecular complexity index is 651. The number of carboxylic acid groups (broad SMARTS) is 1. The Balaban J connectivity index is 2.10. The summed E-state index contributed by atoms with van der Waals surface area (Å²) in [4.78, 5) is 11.4. The molecule has 1 heterocycles. The molecule has 0 amide bonds. The van der Waals surface area contributed by atoms with Gasteiger partial charge in [-0.2, -0.15) is 0 Å². The molecule has 2 aromatic rings. The van der Waals surface area contributed by atoms with Crippen LogP contribution >= 0.6 is 0 Å². The predicted molar refractivity (Wildman–Crippen MR) is 79.2 cm³/mol. The van der Waals surface area contributed by atoms with Crippen molar-refractivity contribution >= 4 is 5.97 Å². The Morgan fingerprint density at radius 3 is 2.60 bits per heavy atom. The monoisotopic (exact) mass is 269 g/mol. The Kier molecular flexibility index (Phi) is 3.13. The third-order valence-electron chi connectivity index (χ3n) is 3.90. The van der Waals surface area contributed by atoms with Gasteiger partial charge in [0.25, 0.3) is 0 Å². The SMILES string of the molecule is CC(C)c1cccc(-c2ccc(C(=O)O)n2C2CC2)c1. The Labute approximate surface area is 118 Å². The first-order chi connectivity index (χ1) is 9.58. The summed E-state index contributed by atoms with van der Waals surface area (Å²) in [7, 11) is 0. The average molecular weight is 269 g/mol. The lowest BCUT2D eigenvalue weighted by atomic mass is 10.00. The zero-order chi connectivity index (χ0) is 14.3. The standard InChI is InChI=1S/C17H19NO2/c1-11(2)12-4-3-5-13(10-12)15-8-9-16(17(19)20)18(15)14-6-7-14/h3-5,8-11,14H,6-7H2,1-2H3,(H,19,20). The van der Waals surface area contributed by atoms with Crippen LogP contribution in [0, 0.1) is 0 Å². The molecular formula is C17H19NO2. The lowest BCUT2D eigenvalue weighted by molar-refractivity contribution is 0.0685. The molecule has 0 unspecified atom stereocenters. The maximum absolute atomic E-state index is 11.4. The summed E-state index contributed by atoms with van der Waals surface area (Å²) in [6.45, 7) is 4.34. The van der Waals surface area contributed by atoms with Gasteiger partial charge >= 0.3 is 5.97 Å². The van der Waals surface area contributed by atoms with E-state index in [-0.39, 0.29) is 0 Å². The number of hydrogen-bond donors (Lipinski definition) is 1. The summed E-state index contributed by atoms with van der Waals surface area (Å²) < 4.78 is 1.99. The number of rotatable bonds is 4. The zero-order valence-electron chi connectivity index (χ0n) is 11.8. The van der Waals surface area contributed by atoms with Crippen LogP contribution in [0.5, 0.6) is 0 Å². The largest absolute Gasteiger partial charge is 0.477 e. The van der Waals surface area contributed by atoms with Gasteiger partial charge in [0, 0.05) is 11.7 Å². The van der Waals surface area contributed by atoms with Gasteiger partial charge in [0.05, 0.1) is 0 Å². The molecule has 20 heavy (non-hydrogen) atoms. The van der Waals surface area contributed by atoms with E-state index in [4.69, 9.17) is 0 Å². The van der Waals surface area contributed by atoms with Crippen LogP contribution in [0.3, 0.4) is 0 Å². The first kappa shape index (κ1) is 13.0. The van der Waals surface area contributed by atoms with Crippen molar-refractivity contribution in [2.24, 2.45) is 0 Å². The molecule has 0 radical (unpaired) electrons. The van der Waals surface area contributed by atoms with Gasteiger partial charge in [-0.1, -0.05) is 32.0 Å². The smallest absolute Gasteiger partial charge is 0.352 e. The fourth-order valence-corrected chi connectivity index (χ4v) is 2.64. The molecule has 104 valence electrons. The number of aromatic nitrogens is 1. The van der Waals surface area contributed by atoms with Crippen LogP contribution in [0.2, 0.25) is 0 Å².